The van der Waals surface area contributed by atoms with E-state index in [0.29, 0.717) is 17.1 Å². The summed E-state index contributed by atoms with van der Waals surface area (Å²) < 4.78 is 135. The monoisotopic (exact) mass is 1000 g/mol. The Morgan fingerprint density at radius 1 is 0.766 bits per heavy atom. The summed E-state index contributed by atoms with van der Waals surface area (Å²) in [5.74, 6) is -4.22. The normalized spacial score (nSPS) is 12.6. The van der Waals surface area contributed by atoms with E-state index in [2.05, 4.69) is 49.4 Å². The number of carboxylic acids is 1. The summed E-state index contributed by atoms with van der Waals surface area (Å²) in [6.07, 6.45) is 0. The second-order valence-electron chi connectivity index (χ2n) is 12.4. The van der Waals surface area contributed by atoms with E-state index < -0.39 is 97.4 Å². The van der Waals surface area contributed by atoms with Crippen molar-refractivity contribution in [2.45, 2.75) is 24.7 Å². The van der Waals surface area contributed by atoms with Crippen molar-refractivity contribution in [3.8, 4) is 5.75 Å². The zero-order valence-corrected chi connectivity index (χ0v) is 36.3. The highest BCUT2D eigenvalue weighted by Gasteiger charge is 2.25. The van der Waals surface area contributed by atoms with Crippen molar-refractivity contribution in [3.63, 3.8) is 0 Å². The van der Waals surface area contributed by atoms with E-state index in [0.717, 1.165) is 30.3 Å². The van der Waals surface area contributed by atoms with Gasteiger partial charge in [-0.05, 0) is 59.3 Å². The molecule has 6 rings (SSSR count). The molecule has 0 saturated carbocycles. The molecule has 338 valence electrons. The molecule has 5 aromatic carbocycles. The maximum absolute atomic E-state index is 12.7. The summed E-state index contributed by atoms with van der Waals surface area (Å²) in [7, 11) is -19.0. The van der Waals surface area contributed by atoms with Crippen LogP contribution in [0.5, 0.6) is 5.75 Å². The number of anilines is 4. The third kappa shape index (κ3) is 11.9. The van der Waals surface area contributed by atoms with Gasteiger partial charge in [0, 0.05) is 16.5 Å². The molecule has 0 atom stereocenters. The average molecular weight is 1000 g/mol. The number of phenolic OH excluding ortho intramolecular Hbond substituents is 1. The number of aromatic hydroxyl groups is 1. The van der Waals surface area contributed by atoms with Crippen LogP contribution in [0.1, 0.15) is 0 Å². The molecule has 0 fully saturated rings. The number of phenols is 1. The summed E-state index contributed by atoms with van der Waals surface area (Å²) in [5, 5.41) is 46.9. The average Bonchev–Trinajstić information content (AvgIpc) is 3.20. The Labute approximate surface area is 369 Å². The maximum Gasteiger partial charge on any atom is 0.397 e. The van der Waals surface area contributed by atoms with Crippen molar-refractivity contribution in [1.29, 1.82) is 0 Å². The van der Waals surface area contributed by atoms with Crippen molar-refractivity contribution in [2.24, 2.45) is 10.2 Å². The zero-order chi connectivity index (χ0) is 46.6. The SMILES string of the molecule is O=C(O)CSc1nc(Nc2ccc(S(=O)(=O)CCOS(=O)(=O)O)cc2)nc(Nc2cc(S(=O)(=O)O)cc3cc(SOOO)c(N=Nc4ccc5ccccc5c4S(=O)(=O)O)c(O)c23)n1. The molecule has 0 saturated heterocycles. The van der Waals surface area contributed by atoms with Gasteiger partial charge in [0.05, 0.1) is 50.5 Å². The first-order valence-corrected chi connectivity index (χ1v) is 24.6. The largest absolute Gasteiger partial charge is 0.505 e. The van der Waals surface area contributed by atoms with Gasteiger partial charge >= 0.3 is 16.4 Å². The van der Waals surface area contributed by atoms with E-state index in [4.69, 9.17) is 9.81 Å². The number of azo groups is 1. The van der Waals surface area contributed by atoms with Crippen molar-refractivity contribution in [3.05, 3.63) is 78.9 Å². The molecule has 1 aromatic heterocycles. The Morgan fingerprint density at radius 3 is 2.09 bits per heavy atom. The quantitative estimate of drug-likeness (QED) is 0.0124. The van der Waals surface area contributed by atoms with Gasteiger partial charge in [-0.1, -0.05) is 47.1 Å². The van der Waals surface area contributed by atoms with E-state index in [1.54, 1.807) is 12.1 Å². The highest BCUT2D eigenvalue weighted by atomic mass is 32.3. The predicted molar refractivity (Wildman–Crippen MR) is 225 cm³/mol. The predicted octanol–water partition coefficient (Wildman–Crippen LogP) is 5.48. The standard InChI is InChI=1S/C33H27N7O18S6/c41-26(42)16-59-33-37-31(34-19-6-8-20(9-7-19)61(45,46)12-11-56-64(53,54)55)36-32(38-33)35-24-15-21(62(47,48)49)13-18-14-25(60-58-57-44)28(29(43)27(18)24)40-39-23-10-5-17-3-1-2-4-22(17)30(23)63(50,51)52/h1-10,13-15,43-44H,11-12,16H2,(H,41,42)(H,47,48,49)(H,50,51,52)(H,53,54,55)(H2,34,35,36,37,38). The number of aromatic nitrogens is 3. The minimum absolute atomic E-state index is 0.0686. The van der Waals surface area contributed by atoms with Gasteiger partial charge in [-0.25, -0.2) is 17.9 Å². The van der Waals surface area contributed by atoms with Crippen LogP contribution in [0.25, 0.3) is 21.5 Å². The Bertz CT molecular complexity index is 3290. The highest BCUT2D eigenvalue weighted by molar-refractivity contribution is 7.99. The number of carboxylic acid groups (broad SMARTS) is 1. The van der Waals surface area contributed by atoms with Crippen molar-refractivity contribution >= 4 is 126 Å². The van der Waals surface area contributed by atoms with Gasteiger partial charge in [0.25, 0.3) is 20.2 Å². The lowest BCUT2D eigenvalue weighted by Gasteiger charge is -2.16. The number of aliphatic carboxylic acids is 1. The van der Waals surface area contributed by atoms with Crippen LogP contribution in [0.15, 0.2) is 114 Å². The van der Waals surface area contributed by atoms with Crippen LogP contribution in [0.3, 0.4) is 0 Å². The Kier molecular flexibility index (Phi) is 14.3. The maximum atomic E-state index is 12.7. The highest BCUT2D eigenvalue weighted by Crippen LogP contribution is 2.48. The number of hydrogen-bond acceptors (Lipinski definition) is 23. The summed E-state index contributed by atoms with van der Waals surface area (Å²) in [6, 6.07) is 16.5. The van der Waals surface area contributed by atoms with Gasteiger partial charge in [-0.15, -0.1) is 14.6 Å². The van der Waals surface area contributed by atoms with Gasteiger partial charge in [-0.2, -0.15) is 40.2 Å². The summed E-state index contributed by atoms with van der Waals surface area (Å²) >= 11 is 0.829. The van der Waals surface area contributed by atoms with Gasteiger partial charge < -0.3 is 20.8 Å². The molecule has 64 heavy (non-hydrogen) atoms. The summed E-state index contributed by atoms with van der Waals surface area (Å²) in [5.41, 5.74) is -1.13. The number of sulfone groups is 1. The third-order valence-corrected chi connectivity index (χ3v) is 13.6. The fourth-order valence-corrected chi connectivity index (χ4v) is 9.54. The second-order valence-corrected chi connectivity index (χ2v) is 20.1. The fraction of sp³-hybridized carbons (Fsp3) is 0.0909. The Hall–Kier alpha value is -5.68. The zero-order valence-electron chi connectivity index (χ0n) is 31.4. The molecule has 0 bridgehead atoms. The summed E-state index contributed by atoms with van der Waals surface area (Å²) in [6.45, 7) is -0.874. The molecule has 1 heterocycles. The fourth-order valence-electron chi connectivity index (χ4n) is 5.63. The molecule has 31 heteroatoms. The Morgan fingerprint density at radius 2 is 1.45 bits per heavy atom. The van der Waals surface area contributed by atoms with Gasteiger partial charge in [0.1, 0.15) is 16.3 Å². The van der Waals surface area contributed by atoms with Crippen LogP contribution < -0.4 is 10.6 Å². The molecular weight excluding hydrogens is 975 g/mol. The van der Waals surface area contributed by atoms with E-state index in [1.165, 1.54) is 36.4 Å². The number of fused-ring (bicyclic) bond motifs is 2. The number of hydrogen-bond donors (Lipinski definition) is 8. The van der Waals surface area contributed by atoms with Crippen LogP contribution in [0, 0.1) is 0 Å². The number of benzene rings is 5. The number of carbonyl (C=O) groups is 1. The van der Waals surface area contributed by atoms with Crippen molar-refractivity contribution in [1.82, 2.24) is 15.0 Å². The lowest BCUT2D eigenvalue weighted by molar-refractivity contribution is -0.432. The molecule has 8 N–H and O–H groups in total. The van der Waals surface area contributed by atoms with E-state index >= 15 is 0 Å². The van der Waals surface area contributed by atoms with Gasteiger partial charge in [0.15, 0.2) is 20.7 Å². The topological polar surface area (TPSA) is 390 Å². The number of nitrogens with one attached hydrogen (secondary N) is 2. The van der Waals surface area contributed by atoms with Gasteiger partial charge in [-0.3, -0.25) is 18.5 Å². The van der Waals surface area contributed by atoms with E-state index in [-0.39, 0.29) is 60.5 Å². The third-order valence-electron chi connectivity index (χ3n) is 8.19. The second kappa shape index (κ2) is 19.2. The van der Waals surface area contributed by atoms with Crippen LogP contribution >= 0.6 is 23.8 Å². The lowest BCUT2D eigenvalue weighted by Crippen LogP contribution is -2.15. The first-order valence-electron chi connectivity index (χ1n) is 17.0. The van der Waals surface area contributed by atoms with Crippen LogP contribution in [-0.2, 0) is 58.8 Å². The molecule has 0 radical (unpaired) electrons. The molecule has 0 amide bonds. The molecule has 25 nitrogen and oxygen atoms in total. The minimum atomic E-state index is -5.02. The number of nitrogens with zero attached hydrogens (tertiary/aromatic N) is 5. The molecule has 0 aliphatic heterocycles. The summed E-state index contributed by atoms with van der Waals surface area (Å²) in [4.78, 5) is 22.1. The van der Waals surface area contributed by atoms with E-state index in [1.807, 2.05) is 0 Å². The number of thioether (sulfide) groups is 1. The molecule has 0 aliphatic carbocycles. The molecule has 6 aromatic rings. The van der Waals surface area contributed by atoms with Gasteiger partial charge in [0.2, 0.25) is 11.9 Å². The lowest BCUT2D eigenvalue weighted by atomic mass is 10.1. The smallest absolute Gasteiger partial charge is 0.397 e. The molecule has 0 spiro atoms. The first kappa shape index (κ1) is 47.8. The molecular formula is C33H27N7O18S6. The van der Waals surface area contributed by atoms with Crippen LogP contribution in [0.2, 0.25) is 0 Å². The van der Waals surface area contributed by atoms with Crippen molar-refractivity contribution in [2.75, 3.05) is 28.7 Å². The Balaban J connectivity index is 1.45. The van der Waals surface area contributed by atoms with Crippen LogP contribution in [-0.4, -0.2) is 102 Å². The molecule has 0 aliphatic rings. The molecule has 0 unspecified atom stereocenters. The minimum Gasteiger partial charge on any atom is -0.505 e. The first-order chi connectivity index (χ1) is 30.0. The number of rotatable bonds is 19. The van der Waals surface area contributed by atoms with E-state index in [9.17, 15) is 57.8 Å². The van der Waals surface area contributed by atoms with Crippen molar-refractivity contribution < 1.29 is 81.1 Å². The van der Waals surface area contributed by atoms with Crippen LogP contribution in [0.4, 0.5) is 34.6 Å².